The molecule has 0 radical (unpaired) electrons. The molecule has 0 bridgehead atoms. The largest absolute Gasteiger partial charge is 0.497 e. The van der Waals surface area contributed by atoms with E-state index in [2.05, 4.69) is 134 Å². The van der Waals surface area contributed by atoms with Crippen molar-refractivity contribution >= 4 is 65.3 Å². The number of ether oxygens (including phenoxy) is 8. The summed E-state index contributed by atoms with van der Waals surface area (Å²) in [7, 11) is 21.9. The van der Waals surface area contributed by atoms with Crippen molar-refractivity contribution in [3.63, 3.8) is 0 Å². The van der Waals surface area contributed by atoms with E-state index in [-0.39, 0.29) is 25.2 Å². The third kappa shape index (κ3) is 66.1. The number of thioether (sulfide) groups is 2. The minimum atomic E-state index is -0.426. The van der Waals surface area contributed by atoms with Gasteiger partial charge in [-0.2, -0.15) is 0 Å². The second-order valence-corrected chi connectivity index (χ2v) is 24.8. The van der Waals surface area contributed by atoms with Gasteiger partial charge in [0.05, 0.1) is 59.5 Å². The van der Waals surface area contributed by atoms with Crippen LogP contribution in [0.2, 0.25) is 0 Å². The van der Waals surface area contributed by atoms with E-state index in [0.717, 1.165) is 44.7 Å². The molecule has 0 atom stereocenters. The standard InChI is InChI=1S/C10H12O3.2C9H11NO2.C9H11NO.C9H13N.C9H12O2.C8H9NO.C8H11N.C6H7NS.C5H6N2S.C5H9NO2.C4H8O.CH4/c1-12-9-5-3-8(4-6-9)7-10(11)13-2;1-12-9(11)10-7-8-5-3-2-4-6-8;1-10-9(11)12-7-8-5-3-2-4-6-8;1-10-9(11)7-8-5-3-2-4-6-8;1-10(2)8-9-6-4-3-5-7-9;1-10-8-11-7-9-5-3-2-4-6-9;1-9-8(10)7-5-3-2-4-6-7;1-9(2)8-6-4-3-5-7-8;1-8-6-4-2-3-5-7-6;1-8-5-6-3-2-4-7-5;1-3-4-6-5(7)8-2;1-3-4-5-2;/h3-6H,7H2,1-2H3;2*2-6H,7H2,1H3,(H,10,11);2-6H,7H2,1H3,(H,10,11);3-7H,8H2,1-2H3;2-6H,7-8H2,1H3;2-6H,1H3,(H,9,10);3-7H,1-2H3;2-5H,1H3;2-4H,1H3;3H,1,4H2,2H3,(H,6,7);3H,1,4H2,2H3;1H4. The van der Waals surface area contributed by atoms with Crippen molar-refractivity contribution < 1.29 is 66.7 Å². The van der Waals surface area contributed by atoms with Crippen LogP contribution in [-0.2, 0) is 81.9 Å². The number of amides is 5. The summed E-state index contributed by atoms with van der Waals surface area (Å²) in [5.74, 6) is 0.565. The van der Waals surface area contributed by atoms with Crippen molar-refractivity contribution in [1.29, 1.82) is 0 Å². The number of anilines is 1. The van der Waals surface area contributed by atoms with Crippen molar-refractivity contribution in [2.24, 2.45) is 0 Å². The van der Waals surface area contributed by atoms with E-state index in [1.807, 2.05) is 233 Å². The zero-order valence-corrected chi connectivity index (χ0v) is 71.9. The Kier molecular flexibility index (Phi) is 73.4. The van der Waals surface area contributed by atoms with Crippen molar-refractivity contribution in [2.45, 2.75) is 56.8 Å². The number of hydrogen-bond acceptors (Lipinski definition) is 21. The maximum absolute atomic E-state index is 10.9. The second-order valence-electron chi connectivity index (χ2n) is 23.2. The number of methoxy groups -OCH3 is 6. The molecule has 26 heteroatoms. The molecule has 0 fully saturated rings. The molecule has 0 saturated heterocycles. The van der Waals surface area contributed by atoms with Crippen molar-refractivity contribution in [2.75, 3.05) is 129 Å². The fourth-order valence-corrected chi connectivity index (χ4v) is 8.63. The Morgan fingerprint density at radius 2 is 0.898 bits per heavy atom. The Bertz CT molecular complexity index is 3920. The molecular weight excluding hydrogens is 1530 g/mol. The molecule has 10 aromatic rings. The first-order valence-electron chi connectivity index (χ1n) is 36.5. The number of likely N-dealkylation sites (N-methyl/N-ethyl adjacent to an activating group) is 1. The van der Waals surface area contributed by atoms with Crippen LogP contribution in [0.25, 0.3) is 0 Å². The molecule has 118 heavy (non-hydrogen) atoms. The number of carbonyl (C=O) groups excluding carboxylic acids is 6. The van der Waals surface area contributed by atoms with Gasteiger partial charge in [0.2, 0.25) is 5.91 Å². The molecule has 638 valence electrons. The van der Waals surface area contributed by atoms with Gasteiger partial charge in [-0.05, 0) is 115 Å². The summed E-state index contributed by atoms with van der Waals surface area (Å²) in [4.78, 5) is 80.4. The van der Waals surface area contributed by atoms with Crippen molar-refractivity contribution in [1.82, 2.24) is 46.4 Å². The van der Waals surface area contributed by atoms with Crippen molar-refractivity contribution in [3.05, 3.63) is 344 Å². The lowest BCUT2D eigenvalue weighted by Gasteiger charge is -2.10. The lowest BCUT2D eigenvalue weighted by atomic mass is 10.1. The number of nitrogens with zero attached hydrogens (tertiary/aromatic N) is 5. The van der Waals surface area contributed by atoms with Crippen LogP contribution in [0.5, 0.6) is 5.75 Å². The first kappa shape index (κ1) is 110. The molecule has 2 heterocycles. The molecule has 0 aliphatic heterocycles. The quantitative estimate of drug-likeness (QED) is 0.00756. The Labute approximate surface area is 709 Å². The van der Waals surface area contributed by atoms with Gasteiger partial charge in [-0.3, -0.25) is 14.4 Å². The van der Waals surface area contributed by atoms with E-state index in [4.69, 9.17) is 18.9 Å². The molecule has 0 saturated carbocycles. The van der Waals surface area contributed by atoms with E-state index >= 15 is 0 Å². The van der Waals surface area contributed by atoms with Crippen LogP contribution < -0.4 is 36.2 Å². The summed E-state index contributed by atoms with van der Waals surface area (Å²) < 4.78 is 37.5. The number of benzene rings is 8. The number of pyridine rings is 1. The summed E-state index contributed by atoms with van der Waals surface area (Å²) in [6, 6.07) is 83.7. The Morgan fingerprint density at radius 1 is 0.441 bits per heavy atom. The highest BCUT2D eigenvalue weighted by molar-refractivity contribution is 7.98. The van der Waals surface area contributed by atoms with Crippen LogP contribution in [0.3, 0.4) is 0 Å². The van der Waals surface area contributed by atoms with Gasteiger partial charge in [0.15, 0.2) is 5.16 Å². The lowest BCUT2D eigenvalue weighted by Crippen LogP contribution is -2.22. The third-order valence-electron chi connectivity index (χ3n) is 13.7. The van der Waals surface area contributed by atoms with E-state index < -0.39 is 18.3 Å². The number of esters is 1. The minimum Gasteiger partial charge on any atom is -0.497 e. The molecule has 0 aliphatic carbocycles. The van der Waals surface area contributed by atoms with Gasteiger partial charge in [-0.1, -0.05) is 238 Å². The Hall–Kier alpha value is -12.2. The van der Waals surface area contributed by atoms with Crippen LogP contribution in [-0.4, -0.2) is 180 Å². The summed E-state index contributed by atoms with van der Waals surface area (Å²) in [5, 5.41) is 14.4. The topological polar surface area (TPSA) is 282 Å². The first-order chi connectivity index (χ1) is 56.7. The minimum absolute atomic E-state index is 0. The number of rotatable bonds is 23. The average molecular weight is 1660 g/mol. The predicted molar refractivity (Wildman–Crippen MR) is 481 cm³/mol. The second kappa shape index (κ2) is 78.7. The van der Waals surface area contributed by atoms with Crippen LogP contribution in [0, 0.1) is 0 Å². The van der Waals surface area contributed by atoms with E-state index in [1.165, 1.54) is 45.2 Å². The zero-order chi connectivity index (χ0) is 87.0. The number of nitrogens with one attached hydrogen (secondary N) is 5. The van der Waals surface area contributed by atoms with Crippen LogP contribution >= 0.6 is 23.5 Å². The van der Waals surface area contributed by atoms with E-state index in [9.17, 15) is 28.8 Å². The SMILES string of the molecule is C.C=CCNC(=O)OC.C=CCOC.CN(C)Cc1ccccc1.CN(C)c1ccccc1.CNC(=O)Cc1ccccc1.CNC(=O)OCc1ccccc1.CNC(=O)c1ccccc1.COC(=O)Cc1ccc(OC)cc1.COC(=O)NCc1ccccc1.COCOCc1ccccc1.CSc1ccccn1.CSc1ncccn1. The monoisotopic (exact) mass is 1660 g/mol. The smallest absolute Gasteiger partial charge is 0.407 e. The molecule has 5 amide bonds. The highest BCUT2D eigenvalue weighted by atomic mass is 32.2. The molecular formula is C92H124N10O14S2. The normalized spacial score (nSPS) is 9.05. The van der Waals surface area contributed by atoms with Crippen LogP contribution in [0.15, 0.2) is 315 Å². The molecule has 0 aliphatic rings. The van der Waals surface area contributed by atoms with E-state index in [0.29, 0.717) is 58.1 Å². The van der Waals surface area contributed by atoms with Gasteiger partial charge < -0.3 is 74.3 Å². The predicted octanol–water partition coefficient (Wildman–Crippen LogP) is 16.8. The number of aromatic nitrogens is 3. The molecule has 0 unspecified atom stereocenters. The fraction of sp³-hybridized carbons (Fsp3) is 0.272. The van der Waals surface area contributed by atoms with Gasteiger partial charge >= 0.3 is 24.2 Å². The summed E-state index contributed by atoms with van der Waals surface area (Å²) >= 11 is 3.20. The molecule has 10 rings (SSSR count). The molecule has 2 aromatic heterocycles. The van der Waals surface area contributed by atoms with E-state index in [1.54, 1.807) is 108 Å². The van der Waals surface area contributed by atoms with Crippen LogP contribution in [0.1, 0.15) is 51.2 Å². The Morgan fingerprint density at radius 3 is 1.27 bits per heavy atom. The van der Waals surface area contributed by atoms with Crippen LogP contribution in [0.4, 0.5) is 20.1 Å². The van der Waals surface area contributed by atoms with Gasteiger partial charge in [0.1, 0.15) is 19.1 Å². The number of carbonyl (C=O) groups is 6. The maximum Gasteiger partial charge on any atom is 0.407 e. The average Bonchev–Trinajstić information content (AvgIpc) is 0.928. The highest BCUT2D eigenvalue weighted by Crippen LogP contribution is 2.13. The van der Waals surface area contributed by atoms with Crippen molar-refractivity contribution in [3.8, 4) is 5.75 Å². The molecule has 0 spiro atoms. The van der Waals surface area contributed by atoms with Gasteiger partial charge in [-0.25, -0.2) is 29.3 Å². The Balaban J connectivity index is -0.00000123. The van der Waals surface area contributed by atoms with Gasteiger partial charge in [0, 0.05) is 98.9 Å². The molecule has 5 N–H and O–H groups in total. The highest BCUT2D eigenvalue weighted by Gasteiger charge is 2.04. The maximum atomic E-state index is 10.9. The molecule has 24 nitrogen and oxygen atoms in total. The van der Waals surface area contributed by atoms with Gasteiger partial charge in [-0.15, -0.1) is 24.9 Å². The summed E-state index contributed by atoms with van der Waals surface area (Å²) in [6.45, 7) is 10.8. The number of alkyl carbamates (subject to hydrolysis) is 3. The zero-order valence-electron chi connectivity index (χ0n) is 70.3. The van der Waals surface area contributed by atoms with Gasteiger partial charge in [0.25, 0.3) is 5.91 Å². The summed E-state index contributed by atoms with van der Waals surface area (Å²) in [5.41, 5.74) is 8.50. The first-order valence-corrected chi connectivity index (χ1v) is 38.9. The fourth-order valence-electron chi connectivity index (χ4n) is 7.92. The molecule has 8 aromatic carbocycles. The lowest BCUT2D eigenvalue weighted by molar-refractivity contribution is -0.139. The summed E-state index contributed by atoms with van der Waals surface area (Å²) in [6.07, 6.45) is 12.1. The number of hydrogen-bond donors (Lipinski definition) is 5. The number of para-hydroxylation sites is 1. The third-order valence-corrected chi connectivity index (χ3v) is 15.0.